The summed E-state index contributed by atoms with van der Waals surface area (Å²) >= 11 is 0. The Balaban J connectivity index is 4.69. The molecule has 0 aliphatic carbocycles. The molecule has 0 bridgehead atoms. The van der Waals surface area contributed by atoms with E-state index in [1.165, 1.54) is 20.8 Å². The predicted molar refractivity (Wildman–Crippen MR) is 73.8 cm³/mol. The number of esters is 2. The van der Waals surface area contributed by atoms with Crippen molar-refractivity contribution in [2.24, 2.45) is 0 Å². The van der Waals surface area contributed by atoms with Gasteiger partial charge in [-0.3, -0.25) is 4.79 Å². The van der Waals surface area contributed by atoms with Gasteiger partial charge in [0.1, 0.15) is 18.8 Å². The van der Waals surface area contributed by atoms with Crippen LogP contribution in [0.25, 0.3) is 0 Å². The Hall–Kier alpha value is -2.11. The van der Waals surface area contributed by atoms with Gasteiger partial charge in [-0.05, 0) is 20.8 Å². The molecule has 0 fully saturated rings. The van der Waals surface area contributed by atoms with E-state index in [-0.39, 0.29) is 30.3 Å². The highest BCUT2D eigenvalue weighted by atomic mass is 16.5. The van der Waals surface area contributed by atoms with Gasteiger partial charge in [-0.15, -0.1) is 0 Å². The van der Waals surface area contributed by atoms with Gasteiger partial charge in [0.25, 0.3) is 0 Å². The maximum atomic E-state index is 11.4. The third-order valence-electron chi connectivity index (χ3n) is 2.22. The van der Waals surface area contributed by atoms with Gasteiger partial charge in [0, 0.05) is 18.1 Å². The molecule has 0 aromatic heterocycles. The van der Waals surface area contributed by atoms with Crippen molar-refractivity contribution in [1.29, 1.82) is 0 Å². The lowest BCUT2D eigenvalue weighted by Crippen LogP contribution is -2.53. The first-order valence-corrected chi connectivity index (χ1v) is 6.01. The van der Waals surface area contributed by atoms with E-state index in [0.29, 0.717) is 0 Å². The van der Waals surface area contributed by atoms with Gasteiger partial charge in [0.15, 0.2) is 0 Å². The van der Waals surface area contributed by atoms with Gasteiger partial charge in [0.05, 0.1) is 0 Å². The standard InChI is InChI=1S/C14H21NO5/c1-9(2)12(17)19-7-14(6,15-11(5)16)8-20-13(18)10(3)4/h1,3,7-8H2,2,4-6H3,(H,15,16). The summed E-state index contributed by atoms with van der Waals surface area (Å²) in [4.78, 5) is 33.9. The van der Waals surface area contributed by atoms with E-state index in [1.54, 1.807) is 6.92 Å². The quantitative estimate of drug-likeness (QED) is 0.559. The average Bonchev–Trinajstić information content (AvgIpc) is 2.32. The first-order chi connectivity index (χ1) is 9.07. The van der Waals surface area contributed by atoms with E-state index in [2.05, 4.69) is 18.5 Å². The fraction of sp³-hybridized carbons (Fsp3) is 0.500. The fourth-order valence-electron chi connectivity index (χ4n) is 1.23. The smallest absolute Gasteiger partial charge is 0.333 e. The van der Waals surface area contributed by atoms with Crippen molar-refractivity contribution in [1.82, 2.24) is 5.32 Å². The topological polar surface area (TPSA) is 81.7 Å². The zero-order valence-electron chi connectivity index (χ0n) is 12.4. The molecule has 0 unspecified atom stereocenters. The number of rotatable bonds is 7. The third kappa shape index (κ3) is 6.72. The van der Waals surface area contributed by atoms with E-state index in [9.17, 15) is 14.4 Å². The molecule has 0 spiro atoms. The molecule has 1 amide bonds. The largest absolute Gasteiger partial charge is 0.460 e. The molecule has 0 rings (SSSR count). The van der Waals surface area contributed by atoms with Crippen LogP contribution in [-0.4, -0.2) is 36.6 Å². The molecule has 0 saturated carbocycles. The maximum absolute atomic E-state index is 11.4. The highest BCUT2D eigenvalue weighted by molar-refractivity contribution is 5.87. The summed E-state index contributed by atoms with van der Waals surface area (Å²) in [5.74, 6) is -1.48. The Labute approximate surface area is 118 Å². The molecule has 0 radical (unpaired) electrons. The lowest BCUT2D eigenvalue weighted by Gasteiger charge is -2.29. The number of nitrogens with one attached hydrogen (secondary N) is 1. The van der Waals surface area contributed by atoms with E-state index < -0.39 is 17.5 Å². The number of amides is 1. The van der Waals surface area contributed by atoms with Crippen LogP contribution >= 0.6 is 0 Å². The first kappa shape index (κ1) is 17.9. The van der Waals surface area contributed by atoms with Gasteiger partial charge in [-0.25, -0.2) is 9.59 Å². The summed E-state index contributed by atoms with van der Waals surface area (Å²) in [5, 5.41) is 2.59. The van der Waals surface area contributed by atoms with Gasteiger partial charge < -0.3 is 14.8 Å². The van der Waals surface area contributed by atoms with Gasteiger partial charge in [0.2, 0.25) is 5.91 Å². The molecule has 0 atom stereocenters. The molecule has 112 valence electrons. The minimum absolute atomic E-state index is 0.137. The van der Waals surface area contributed by atoms with Crippen molar-refractivity contribution < 1.29 is 23.9 Å². The Morgan fingerprint density at radius 1 is 0.950 bits per heavy atom. The molecule has 0 aromatic rings. The van der Waals surface area contributed by atoms with Crippen LogP contribution in [-0.2, 0) is 23.9 Å². The summed E-state index contributed by atoms with van der Waals surface area (Å²) in [6.45, 7) is 12.6. The second-order valence-electron chi connectivity index (χ2n) is 4.95. The zero-order valence-corrected chi connectivity index (χ0v) is 12.4. The summed E-state index contributed by atoms with van der Waals surface area (Å²) in [6.07, 6.45) is 0. The normalized spacial score (nSPS) is 10.4. The molecule has 0 saturated heterocycles. The number of hydrogen-bond donors (Lipinski definition) is 1. The summed E-state index contributed by atoms with van der Waals surface area (Å²) in [6, 6.07) is 0. The number of carbonyl (C=O) groups excluding carboxylic acids is 3. The SMILES string of the molecule is C=C(C)C(=O)OCC(C)(COC(=O)C(=C)C)NC(C)=O. The van der Waals surface area contributed by atoms with Gasteiger partial charge in [-0.1, -0.05) is 13.2 Å². The second-order valence-corrected chi connectivity index (χ2v) is 4.95. The van der Waals surface area contributed by atoms with Crippen molar-refractivity contribution in [2.75, 3.05) is 13.2 Å². The minimum atomic E-state index is -1.01. The monoisotopic (exact) mass is 283 g/mol. The number of hydrogen-bond acceptors (Lipinski definition) is 5. The van der Waals surface area contributed by atoms with E-state index in [4.69, 9.17) is 9.47 Å². The van der Waals surface area contributed by atoms with E-state index >= 15 is 0 Å². The van der Waals surface area contributed by atoms with Crippen LogP contribution in [0.15, 0.2) is 24.3 Å². The number of carbonyl (C=O) groups is 3. The molecule has 0 aliphatic rings. The Morgan fingerprint density at radius 2 is 1.30 bits per heavy atom. The maximum Gasteiger partial charge on any atom is 0.333 e. The van der Waals surface area contributed by atoms with E-state index in [1.807, 2.05) is 0 Å². The van der Waals surface area contributed by atoms with Crippen LogP contribution in [0.5, 0.6) is 0 Å². The molecule has 0 heterocycles. The van der Waals surface area contributed by atoms with Crippen molar-refractivity contribution in [3.63, 3.8) is 0 Å². The molecule has 6 heteroatoms. The predicted octanol–water partition coefficient (Wildman–Crippen LogP) is 1.12. The van der Waals surface area contributed by atoms with Gasteiger partial charge in [-0.2, -0.15) is 0 Å². The molecule has 0 aromatic carbocycles. The Bertz CT molecular complexity index is 409. The van der Waals surface area contributed by atoms with E-state index in [0.717, 1.165) is 0 Å². The minimum Gasteiger partial charge on any atom is -0.460 e. The van der Waals surface area contributed by atoms with Crippen LogP contribution in [0, 0.1) is 0 Å². The summed E-state index contributed by atoms with van der Waals surface area (Å²) < 4.78 is 9.99. The molecular formula is C14H21NO5. The lowest BCUT2D eigenvalue weighted by molar-refractivity contribution is -0.147. The van der Waals surface area contributed by atoms with Crippen LogP contribution in [0.1, 0.15) is 27.7 Å². The van der Waals surface area contributed by atoms with Crippen LogP contribution in [0.4, 0.5) is 0 Å². The zero-order chi connectivity index (χ0) is 15.9. The highest BCUT2D eigenvalue weighted by Crippen LogP contribution is 2.09. The van der Waals surface area contributed by atoms with Crippen molar-refractivity contribution in [2.45, 2.75) is 33.2 Å². The third-order valence-corrected chi connectivity index (χ3v) is 2.22. The molecule has 0 aliphatic heterocycles. The fourth-order valence-corrected chi connectivity index (χ4v) is 1.23. The van der Waals surface area contributed by atoms with Crippen molar-refractivity contribution in [3.05, 3.63) is 24.3 Å². The molecule has 20 heavy (non-hydrogen) atoms. The lowest BCUT2D eigenvalue weighted by atomic mass is 10.1. The highest BCUT2D eigenvalue weighted by Gasteiger charge is 2.29. The Kier molecular flexibility index (Phi) is 6.68. The van der Waals surface area contributed by atoms with Crippen LogP contribution < -0.4 is 5.32 Å². The number of ether oxygens (including phenoxy) is 2. The van der Waals surface area contributed by atoms with Gasteiger partial charge >= 0.3 is 11.9 Å². The van der Waals surface area contributed by atoms with Crippen LogP contribution in [0.3, 0.4) is 0 Å². The average molecular weight is 283 g/mol. The van der Waals surface area contributed by atoms with Crippen molar-refractivity contribution in [3.8, 4) is 0 Å². The Morgan fingerprint density at radius 3 is 1.55 bits per heavy atom. The molecule has 6 nitrogen and oxygen atoms in total. The second kappa shape index (κ2) is 7.47. The molecule has 1 N–H and O–H groups in total. The molecular weight excluding hydrogens is 262 g/mol. The summed E-state index contributed by atoms with van der Waals surface area (Å²) in [7, 11) is 0. The first-order valence-electron chi connectivity index (χ1n) is 6.01. The van der Waals surface area contributed by atoms with Crippen molar-refractivity contribution >= 4 is 17.8 Å². The summed E-state index contributed by atoms with van der Waals surface area (Å²) in [5.41, 5.74) is -0.523. The van der Waals surface area contributed by atoms with Crippen LogP contribution in [0.2, 0.25) is 0 Å².